The molecule has 1 unspecified atom stereocenters. The number of carbonyl (C=O) groups is 1. The van der Waals surface area contributed by atoms with Gasteiger partial charge in [-0.15, -0.1) is 0 Å². The zero-order chi connectivity index (χ0) is 20.1. The maximum atomic E-state index is 11.8. The monoisotopic (exact) mass is 399 g/mol. The summed E-state index contributed by atoms with van der Waals surface area (Å²) in [5.74, 6) is 1.20. The van der Waals surface area contributed by atoms with Crippen molar-refractivity contribution in [3.05, 3.63) is 53.9 Å². The second kappa shape index (κ2) is 9.11. The second-order valence-electron chi connectivity index (χ2n) is 7.20. The molecule has 1 aromatic carbocycles. The van der Waals surface area contributed by atoms with Crippen LogP contribution in [0.2, 0.25) is 0 Å². The largest absolute Gasteiger partial charge is 0.486 e. The van der Waals surface area contributed by atoms with Gasteiger partial charge in [0.1, 0.15) is 13.2 Å². The molecular formula is C21H25N3O5. The van der Waals surface area contributed by atoms with Crippen molar-refractivity contribution >= 4 is 6.09 Å². The quantitative estimate of drug-likeness (QED) is 0.797. The van der Waals surface area contributed by atoms with Crippen LogP contribution in [0.25, 0.3) is 0 Å². The number of hydrogen-bond donors (Lipinski definition) is 1. The van der Waals surface area contributed by atoms with Gasteiger partial charge in [-0.05, 0) is 5.56 Å². The predicted octanol–water partition coefficient (Wildman–Crippen LogP) is 2.23. The van der Waals surface area contributed by atoms with Crippen LogP contribution in [0.4, 0.5) is 4.79 Å². The van der Waals surface area contributed by atoms with E-state index in [0.29, 0.717) is 43.6 Å². The summed E-state index contributed by atoms with van der Waals surface area (Å²) < 4.78 is 16.9. The van der Waals surface area contributed by atoms with Crippen LogP contribution in [-0.4, -0.2) is 71.5 Å². The van der Waals surface area contributed by atoms with Gasteiger partial charge < -0.3 is 19.3 Å². The van der Waals surface area contributed by atoms with Gasteiger partial charge in [0.05, 0.1) is 37.7 Å². The molecule has 2 aromatic rings. The Morgan fingerprint density at radius 2 is 1.97 bits per heavy atom. The van der Waals surface area contributed by atoms with E-state index in [2.05, 4.69) is 22.0 Å². The van der Waals surface area contributed by atoms with Gasteiger partial charge in [0, 0.05) is 25.7 Å². The van der Waals surface area contributed by atoms with Gasteiger partial charge in [0.2, 0.25) is 0 Å². The Bertz CT molecular complexity index is 832. The molecule has 4 rings (SSSR count). The highest BCUT2D eigenvalue weighted by molar-refractivity contribution is 5.65. The number of rotatable bonds is 6. The van der Waals surface area contributed by atoms with Crippen molar-refractivity contribution in [3.63, 3.8) is 0 Å². The van der Waals surface area contributed by atoms with Gasteiger partial charge in [-0.25, -0.2) is 4.79 Å². The van der Waals surface area contributed by atoms with Crippen molar-refractivity contribution < 1.29 is 24.1 Å². The highest BCUT2D eigenvalue weighted by atomic mass is 16.6. The van der Waals surface area contributed by atoms with Crippen molar-refractivity contribution in [2.24, 2.45) is 0 Å². The van der Waals surface area contributed by atoms with Gasteiger partial charge in [-0.3, -0.25) is 14.8 Å². The third-order valence-corrected chi connectivity index (χ3v) is 5.01. The molecule has 2 aliphatic heterocycles. The molecule has 154 valence electrons. The minimum Gasteiger partial charge on any atom is -0.486 e. The molecule has 8 heteroatoms. The number of pyridine rings is 1. The summed E-state index contributed by atoms with van der Waals surface area (Å²) in [6, 6.07) is 12.0. The maximum absolute atomic E-state index is 11.8. The minimum absolute atomic E-state index is 0.171. The van der Waals surface area contributed by atoms with Gasteiger partial charge >= 0.3 is 6.09 Å². The lowest BCUT2D eigenvalue weighted by atomic mass is 10.2. The number of amides is 1. The van der Waals surface area contributed by atoms with Crippen molar-refractivity contribution in [1.82, 2.24) is 14.8 Å². The lowest BCUT2D eigenvalue weighted by Gasteiger charge is -2.35. The van der Waals surface area contributed by atoms with E-state index < -0.39 is 6.09 Å². The van der Waals surface area contributed by atoms with Gasteiger partial charge in [-0.1, -0.05) is 30.3 Å². The molecule has 1 atom stereocenters. The Morgan fingerprint density at radius 3 is 2.76 bits per heavy atom. The smallest absolute Gasteiger partial charge is 0.407 e. The third kappa shape index (κ3) is 5.16. The van der Waals surface area contributed by atoms with Gasteiger partial charge in [0.25, 0.3) is 0 Å². The van der Waals surface area contributed by atoms with E-state index in [0.717, 1.165) is 13.1 Å². The minimum atomic E-state index is -0.995. The second-order valence-corrected chi connectivity index (χ2v) is 7.20. The molecule has 0 radical (unpaired) electrons. The van der Waals surface area contributed by atoms with E-state index in [-0.39, 0.29) is 19.2 Å². The molecule has 0 spiro atoms. The number of nitrogens with zero attached hydrogens (tertiary/aromatic N) is 3. The number of carboxylic acid groups (broad SMARTS) is 1. The molecule has 1 saturated heterocycles. The molecule has 1 N–H and O–H groups in total. The zero-order valence-electron chi connectivity index (χ0n) is 16.2. The van der Waals surface area contributed by atoms with Crippen molar-refractivity contribution in [1.29, 1.82) is 0 Å². The van der Waals surface area contributed by atoms with E-state index >= 15 is 0 Å². The lowest BCUT2D eigenvalue weighted by Crippen LogP contribution is -2.48. The summed E-state index contributed by atoms with van der Waals surface area (Å²) in [5, 5.41) is 9.68. The molecule has 1 fully saturated rings. The highest BCUT2D eigenvalue weighted by Crippen LogP contribution is 2.29. The highest BCUT2D eigenvalue weighted by Gasteiger charge is 2.26. The fourth-order valence-corrected chi connectivity index (χ4v) is 3.60. The first kappa shape index (κ1) is 19.5. The van der Waals surface area contributed by atoms with Crippen LogP contribution in [0.5, 0.6) is 11.5 Å². The van der Waals surface area contributed by atoms with Crippen LogP contribution >= 0.6 is 0 Å². The van der Waals surface area contributed by atoms with Crippen LogP contribution in [0, 0.1) is 0 Å². The predicted molar refractivity (Wildman–Crippen MR) is 105 cm³/mol. The standard InChI is InChI=1S/C21H25N3O5/c25-21(26)24(13-17-10-19-20(11-22-17)29-9-8-28-19)15-18-14-23(6-7-27-18)12-16-4-2-1-3-5-16/h1-5,10-11,18H,6-9,12-15H2,(H,25,26). The summed E-state index contributed by atoms with van der Waals surface area (Å²) in [6.45, 7) is 4.38. The first-order valence-corrected chi connectivity index (χ1v) is 9.77. The molecule has 0 saturated carbocycles. The number of morpholine rings is 1. The normalized spacial score (nSPS) is 19.0. The Balaban J connectivity index is 1.37. The molecule has 2 aliphatic rings. The average molecular weight is 399 g/mol. The zero-order valence-corrected chi connectivity index (χ0v) is 16.2. The van der Waals surface area contributed by atoms with Crippen LogP contribution in [0.1, 0.15) is 11.3 Å². The average Bonchev–Trinajstić information content (AvgIpc) is 2.74. The maximum Gasteiger partial charge on any atom is 0.407 e. The Hall–Kier alpha value is -2.84. The SMILES string of the molecule is O=C(O)N(Cc1cc2c(cn1)OCCO2)CC1CN(Cc2ccccc2)CCO1. The Kier molecular flexibility index (Phi) is 6.12. The van der Waals surface area contributed by atoms with E-state index in [1.807, 2.05) is 18.2 Å². The number of ether oxygens (including phenoxy) is 3. The van der Waals surface area contributed by atoms with E-state index in [9.17, 15) is 9.90 Å². The number of hydrogen-bond acceptors (Lipinski definition) is 6. The molecular weight excluding hydrogens is 374 g/mol. The molecule has 1 amide bonds. The molecule has 0 aliphatic carbocycles. The number of aromatic nitrogens is 1. The summed E-state index contributed by atoms with van der Waals surface area (Å²) in [5.41, 5.74) is 1.86. The topological polar surface area (TPSA) is 84.4 Å². The lowest BCUT2D eigenvalue weighted by molar-refractivity contribution is -0.0443. The van der Waals surface area contributed by atoms with Crippen molar-refractivity contribution in [2.75, 3.05) is 39.5 Å². The van der Waals surface area contributed by atoms with Crippen LogP contribution in [0.3, 0.4) is 0 Å². The fourth-order valence-electron chi connectivity index (χ4n) is 3.60. The summed E-state index contributed by atoms with van der Waals surface area (Å²) in [6.07, 6.45) is 0.411. The summed E-state index contributed by atoms with van der Waals surface area (Å²) in [7, 11) is 0. The Morgan fingerprint density at radius 1 is 1.17 bits per heavy atom. The summed E-state index contributed by atoms with van der Waals surface area (Å²) in [4.78, 5) is 19.8. The van der Waals surface area contributed by atoms with E-state index in [4.69, 9.17) is 14.2 Å². The summed E-state index contributed by atoms with van der Waals surface area (Å²) >= 11 is 0. The van der Waals surface area contributed by atoms with E-state index in [1.54, 1.807) is 12.3 Å². The molecule has 3 heterocycles. The van der Waals surface area contributed by atoms with Crippen LogP contribution in [0.15, 0.2) is 42.6 Å². The number of fused-ring (bicyclic) bond motifs is 1. The third-order valence-electron chi connectivity index (χ3n) is 5.01. The Labute approximate surface area is 169 Å². The van der Waals surface area contributed by atoms with Crippen molar-refractivity contribution in [3.8, 4) is 11.5 Å². The fraction of sp³-hybridized carbons (Fsp3) is 0.429. The van der Waals surface area contributed by atoms with Crippen LogP contribution < -0.4 is 9.47 Å². The van der Waals surface area contributed by atoms with Gasteiger partial charge in [0.15, 0.2) is 11.5 Å². The molecule has 29 heavy (non-hydrogen) atoms. The first-order chi connectivity index (χ1) is 14.2. The van der Waals surface area contributed by atoms with Crippen molar-refractivity contribution in [2.45, 2.75) is 19.2 Å². The molecule has 0 bridgehead atoms. The van der Waals surface area contributed by atoms with E-state index in [1.165, 1.54) is 10.5 Å². The molecule has 1 aromatic heterocycles. The first-order valence-electron chi connectivity index (χ1n) is 9.77. The van der Waals surface area contributed by atoms with Crippen LogP contribution in [-0.2, 0) is 17.8 Å². The van der Waals surface area contributed by atoms with Gasteiger partial charge in [-0.2, -0.15) is 0 Å². The molecule has 8 nitrogen and oxygen atoms in total. The number of benzene rings is 1.